The Morgan fingerprint density at radius 1 is 0.764 bits per heavy atom. The SMILES string of the molecule is Cc1csc2c(OC(=O)N(C)CC(C)(C)CN(C)C(=O)OCc3ccc(N(CC(N)=O)C(=O)[C@H](CC(C)C)NC(=O)[C@H](Cc4ccccc4)NC(=O)CCCCCN4C(=O)C=CC4=O)cc3)cc3c(c12)[C@H](CCl)CN3C(=O)c1cc2cc(NC(=O)c3cc4cc(OCCN5CCCC5)ccc4[nH]3)ccc2[nH]1. The third-order valence-electron chi connectivity index (χ3n) is 19.1. The fourth-order valence-corrected chi connectivity index (χ4v) is 15.3. The number of unbranched alkanes of at least 4 members (excludes halogenated alkanes) is 2. The number of carbonyl (C=O) groups is 10. The number of ether oxygens (including phenoxy) is 3. The number of nitrogens with two attached hydrogens (primary N) is 1. The molecule has 5 aromatic carbocycles. The minimum atomic E-state index is -1.15. The number of aromatic amines is 2. The predicted molar refractivity (Wildman–Crippen MR) is 408 cm³/mol. The molecule has 0 aliphatic carbocycles. The smallest absolute Gasteiger partial charge is 0.415 e. The Morgan fingerprint density at radius 3 is 2.14 bits per heavy atom. The summed E-state index contributed by atoms with van der Waals surface area (Å²) in [4.78, 5) is 151. The van der Waals surface area contributed by atoms with Crippen molar-refractivity contribution < 1.29 is 62.2 Å². The number of H-pyrrole nitrogens is 2. The molecule has 3 aliphatic heterocycles. The van der Waals surface area contributed by atoms with Gasteiger partial charge in [0.1, 0.15) is 49.0 Å². The van der Waals surface area contributed by atoms with Gasteiger partial charge in [-0.15, -0.1) is 22.9 Å². The minimum Gasteiger partial charge on any atom is -0.492 e. The lowest BCUT2D eigenvalue weighted by Gasteiger charge is -2.33. The number of aromatic nitrogens is 2. The van der Waals surface area contributed by atoms with Crippen LogP contribution in [0.4, 0.5) is 26.7 Å². The Labute approximate surface area is 624 Å². The van der Waals surface area contributed by atoms with Crippen molar-refractivity contribution in [2.24, 2.45) is 17.1 Å². The average Bonchev–Trinajstić information content (AvgIpc) is 1.57. The fraction of sp³-hybridized carbons (Fsp3) is 0.392. The molecule has 0 bridgehead atoms. The number of anilines is 3. The molecule has 25 nitrogen and oxygen atoms in total. The van der Waals surface area contributed by atoms with Gasteiger partial charge in [-0.25, -0.2) is 9.59 Å². The molecule has 11 rings (SSSR count). The molecule has 0 saturated carbocycles. The monoisotopic (exact) mass is 1480 g/mol. The van der Waals surface area contributed by atoms with E-state index < -0.39 is 59.9 Å². The molecular weight excluding hydrogens is 1390 g/mol. The summed E-state index contributed by atoms with van der Waals surface area (Å²) >= 11 is 8.12. The number of rotatable bonds is 32. The van der Waals surface area contributed by atoms with E-state index in [4.69, 9.17) is 31.5 Å². The maximum Gasteiger partial charge on any atom is 0.415 e. The van der Waals surface area contributed by atoms with Crippen LogP contribution >= 0.6 is 22.9 Å². The number of alkyl halides is 1. The first-order chi connectivity index (χ1) is 50.8. The van der Waals surface area contributed by atoms with Gasteiger partial charge in [-0.1, -0.05) is 76.6 Å². The lowest BCUT2D eigenvalue weighted by Crippen LogP contribution is -2.56. The molecule has 1 fully saturated rings. The minimum absolute atomic E-state index is 0.0707. The zero-order valence-electron chi connectivity index (χ0n) is 60.7. The van der Waals surface area contributed by atoms with Crippen LogP contribution in [0.25, 0.3) is 31.9 Å². The highest BCUT2D eigenvalue weighted by Gasteiger charge is 2.39. The molecule has 0 unspecified atom stereocenters. The molecule has 558 valence electrons. The number of nitrogens with zero attached hydrogens (tertiary/aromatic N) is 6. The van der Waals surface area contributed by atoms with Gasteiger partial charge in [0.2, 0.25) is 23.6 Å². The van der Waals surface area contributed by atoms with Crippen LogP contribution in [-0.4, -0.2) is 180 Å². The molecule has 3 atom stereocenters. The first-order valence-corrected chi connectivity index (χ1v) is 37.2. The van der Waals surface area contributed by atoms with Crippen LogP contribution < -0.4 is 41.0 Å². The van der Waals surface area contributed by atoms with Gasteiger partial charge in [-0.05, 0) is 146 Å². The Morgan fingerprint density at radius 2 is 1.44 bits per heavy atom. The van der Waals surface area contributed by atoms with Crippen molar-refractivity contribution in [1.29, 1.82) is 0 Å². The van der Waals surface area contributed by atoms with Crippen molar-refractivity contribution >= 4 is 131 Å². The summed E-state index contributed by atoms with van der Waals surface area (Å²) in [5.74, 6) is -2.94. The number of hydrogen-bond donors (Lipinski definition) is 6. The number of thiophene rings is 1. The van der Waals surface area contributed by atoms with Crippen molar-refractivity contribution in [2.45, 2.75) is 111 Å². The number of primary amides is 1. The number of hydrogen-bond acceptors (Lipinski definition) is 15. The van der Waals surface area contributed by atoms with Gasteiger partial charge in [0.15, 0.2) is 5.75 Å². The molecule has 0 spiro atoms. The molecule has 7 N–H and O–H groups in total. The molecule has 0 radical (unpaired) electrons. The topological polar surface area (TPSA) is 312 Å². The summed E-state index contributed by atoms with van der Waals surface area (Å²) in [7, 11) is 3.19. The van der Waals surface area contributed by atoms with Gasteiger partial charge >= 0.3 is 12.2 Å². The number of nitrogens with one attached hydrogen (secondary N) is 5. The zero-order valence-corrected chi connectivity index (χ0v) is 62.3. The van der Waals surface area contributed by atoms with E-state index in [-0.39, 0.29) is 105 Å². The lowest BCUT2D eigenvalue weighted by atomic mass is 9.92. The molecule has 106 heavy (non-hydrogen) atoms. The van der Waals surface area contributed by atoms with E-state index in [1.807, 2.05) is 94.6 Å². The van der Waals surface area contributed by atoms with Gasteiger partial charge in [-0.3, -0.25) is 48.2 Å². The molecule has 6 heterocycles. The first kappa shape index (κ1) is 76.6. The number of fused-ring (bicyclic) bond motifs is 5. The Balaban J connectivity index is 0.682. The van der Waals surface area contributed by atoms with Crippen LogP contribution in [0.3, 0.4) is 0 Å². The lowest BCUT2D eigenvalue weighted by molar-refractivity contribution is -0.137. The van der Waals surface area contributed by atoms with Crippen LogP contribution in [0, 0.1) is 18.3 Å². The standard InChI is InChI=1S/C79H91ClN12O13S/c1-48(2)34-62(86-74(98)60(35-50-16-10-8-11-17-50)85-67(94)18-12-9-13-31-90-68(95)27-28-69(90)96)75(99)91(43-66(81)93)56-22-19-51(20-23-56)44-104-77(101)87(6)46-79(4,5)47-88(7)78(102)105-65-40-64-71(70-49(3)45-106-72(65)70)54(41-80)42-92(64)76(100)63-39-52-36-55(21-25-58(52)84-63)82-73(97)61-38-53-37-57(24-26-59(53)83-61)103-33-32-89-29-14-15-30-89/h8,10-11,16-17,19-28,36-40,45,48,54,60,62,83-84H,9,12-15,18,29-35,41-44,46-47H2,1-7H3,(H2,81,93)(H,82,97)(H,85,94)(H,86,98)/t54-,60+,62+/m1/s1. The van der Waals surface area contributed by atoms with E-state index >= 15 is 0 Å². The molecule has 10 amide bonds. The summed E-state index contributed by atoms with van der Waals surface area (Å²) in [6, 6.07) is 29.7. The summed E-state index contributed by atoms with van der Waals surface area (Å²) < 4.78 is 18.8. The summed E-state index contributed by atoms with van der Waals surface area (Å²) in [6.07, 6.45) is 5.41. The van der Waals surface area contributed by atoms with E-state index in [9.17, 15) is 47.9 Å². The summed E-state index contributed by atoms with van der Waals surface area (Å²) in [5.41, 5.74) is 11.7. The van der Waals surface area contributed by atoms with Crippen molar-refractivity contribution in [3.05, 3.63) is 160 Å². The molecular formula is C79H91ClN12O13S. The molecule has 27 heteroatoms. The number of halogens is 1. The highest BCUT2D eigenvalue weighted by Crippen LogP contribution is 2.49. The average molecular weight is 1480 g/mol. The zero-order chi connectivity index (χ0) is 75.5. The van der Waals surface area contributed by atoms with E-state index in [1.165, 1.54) is 51.0 Å². The molecule has 3 aliphatic rings. The quantitative estimate of drug-likeness (QED) is 0.0130. The van der Waals surface area contributed by atoms with Gasteiger partial charge in [0, 0.05) is 134 Å². The summed E-state index contributed by atoms with van der Waals surface area (Å²) in [5, 5.41) is 13.1. The second-order valence-electron chi connectivity index (χ2n) is 28.8. The fourth-order valence-electron chi connectivity index (χ4n) is 14.1. The van der Waals surface area contributed by atoms with Gasteiger partial charge in [0.05, 0.1) is 10.4 Å². The molecule has 8 aromatic rings. The highest BCUT2D eigenvalue weighted by atomic mass is 35.5. The van der Waals surface area contributed by atoms with E-state index in [1.54, 1.807) is 73.6 Å². The van der Waals surface area contributed by atoms with Crippen LogP contribution in [-0.2, 0) is 46.5 Å². The van der Waals surface area contributed by atoms with Crippen molar-refractivity contribution in [1.82, 2.24) is 40.2 Å². The van der Waals surface area contributed by atoms with Crippen LogP contribution in [0.15, 0.2) is 127 Å². The highest BCUT2D eigenvalue weighted by molar-refractivity contribution is 7.17. The van der Waals surface area contributed by atoms with Gasteiger partial charge in [-0.2, -0.15) is 0 Å². The number of carbonyl (C=O) groups excluding carboxylic acids is 10. The molecule has 3 aromatic heterocycles. The Hall–Kier alpha value is -10.6. The number of aryl methyl sites for hydroxylation is 1. The number of likely N-dealkylation sites (tertiary alicyclic amines) is 1. The van der Waals surface area contributed by atoms with Crippen molar-refractivity contribution in [3.63, 3.8) is 0 Å². The van der Waals surface area contributed by atoms with E-state index in [0.29, 0.717) is 65.1 Å². The maximum atomic E-state index is 14.8. The normalized spacial score (nSPS) is 14.9. The number of benzene rings is 5. The maximum absolute atomic E-state index is 14.8. The van der Waals surface area contributed by atoms with Crippen LogP contribution in [0.1, 0.15) is 122 Å². The third kappa shape index (κ3) is 18.9. The van der Waals surface area contributed by atoms with Crippen LogP contribution in [0.2, 0.25) is 0 Å². The second kappa shape index (κ2) is 34.1. The van der Waals surface area contributed by atoms with Crippen molar-refractivity contribution in [2.75, 3.05) is 94.1 Å². The van der Waals surface area contributed by atoms with Gasteiger partial charge in [0.25, 0.3) is 23.6 Å². The van der Waals surface area contributed by atoms with Crippen LogP contribution in [0.5, 0.6) is 11.5 Å². The van der Waals surface area contributed by atoms with Crippen molar-refractivity contribution in [3.8, 4) is 11.5 Å². The summed E-state index contributed by atoms with van der Waals surface area (Å²) in [6.45, 7) is 13.3. The van der Waals surface area contributed by atoms with E-state index in [2.05, 4.69) is 30.8 Å². The van der Waals surface area contributed by atoms with Gasteiger partial charge < -0.3 is 65.5 Å². The molecule has 1 saturated heterocycles. The van der Waals surface area contributed by atoms with E-state index in [0.717, 1.165) is 68.0 Å². The number of amides is 10. The predicted octanol–water partition coefficient (Wildman–Crippen LogP) is 11.2. The second-order valence-corrected chi connectivity index (χ2v) is 30.0. The Kier molecular flexibility index (Phi) is 24.6. The Bertz CT molecular complexity index is 4620. The first-order valence-electron chi connectivity index (χ1n) is 35.8. The largest absolute Gasteiger partial charge is 0.492 e. The number of imide groups is 1. The third-order valence-corrected chi connectivity index (χ3v) is 20.6.